The zero-order valence-corrected chi connectivity index (χ0v) is 9.56. The highest BCUT2D eigenvalue weighted by molar-refractivity contribution is 6.60. The highest BCUT2D eigenvalue weighted by Gasteiger charge is 2.13. The third-order valence-corrected chi connectivity index (χ3v) is 2.50. The third-order valence-electron chi connectivity index (χ3n) is 2.50. The molecule has 0 spiro atoms. The average molecular weight is 241 g/mol. The van der Waals surface area contributed by atoms with Crippen LogP contribution in [0.1, 0.15) is 5.56 Å². The summed E-state index contributed by atoms with van der Waals surface area (Å²) >= 11 is 0. The smallest absolute Gasteiger partial charge is 0.489 e. The number of para-hydroxylation sites is 2. The lowest BCUT2D eigenvalue weighted by Crippen LogP contribution is -2.32. The SMILES string of the molecule is OB(O)c1ccccc1C=Nc1ccccc1O. The molecule has 0 saturated heterocycles. The molecule has 2 aromatic carbocycles. The number of nitrogens with zero attached hydrogens (tertiary/aromatic N) is 1. The second-order valence-corrected chi connectivity index (χ2v) is 3.75. The Morgan fingerprint density at radius 1 is 0.944 bits per heavy atom. The fourth-order valence-corrected chi connectivity index (χ4v) is 1.58. The number of benzene rings is 2. The first-order valence-electron chi connectivity index (χ1n) is 5.45. The monoisotopic (exact) mass is 241 g/mol. The number of hydrogen-bond acceptors (Lipinski definition) is 4. The van der Waals surface area contributed by atoms with E-state index in [0.29, 0.717) is 16.7 Å². The van der Waals surface area contributed by atoms with Crippen molar-refractivity contribution in [3.63, 3.8) is 0 Å². The second-order valence-electron chi connectivity index (χ2n) is 3.75. The summed E-state index contributed by atoms with van der Waals surface area (Å²) in [4.78, 5) is 4.12. The first kappa shape index (κ1) is 12.4. The lowest BCUT2D eigenvalue weighted by atomic mass is 9.77. The molecule has 90 valence electrons. The topological polar surface area (TPSA) is 73.0 Å². The summed E-state index contributed by atoms with van der Waals surface area (Å²) < 4.78 is 0. The van der Waals surface area contributed by atoms with Gasteiger partial charge < -0.3 is 15.2 Å². The van der Waals surface area contributed by atoms with E-state index in [-0.39, 0.29) is 5.75 Å². The predicted molar refractivity (Wildman–Crippen MR) is 71.6 cm³/mol. The molecular weight excluding hydrogens is 229 g/mol. The molecule has 0 fully saturated rings. The zero-order chi connectivity index (χ0) is 13.0. The Morgan fingerprint density at radius 3 is 2.33 bits per heavy atom. The van der Waals surface area contributed by atoms with Crippen molar-refractivity contribution < 1.29 is 15.2 Å². The molecule has 0 atom stereocenters. The number of phenols is 1. The molecule has 4 nitrogen and oxygen atoms in total. The van der Waals surface area contributed by atoms with Crippen molar-refractivity contribution in [2.24, 2.45) is 4.99 Å². The molecule has 2 rings (SSSR count). The molecule has 0 bridgehead atoms. The third kappa shape index (κ3) is 2.77. The molecule has 18 heavy (non-hydrogen) atoms. The van der Waals surface area contributed by atoms with Gasteiger partial charge in [0.25, 0.3) is 0 Å². The maximum Gasteiger partial charge on any atom is 0.489 e. The minimum atomic E-state index is -1.54. The van der Waals surface area contributed by atoms with Crippen molar-refractivity contribution in [2.45, 2.75) is 0 Å². The van der Waals surface area contributed by atoms with Crippen LogP contribution in [0.15, 0.2) is 53.5 Å². The molecular formula is C13H12BNO3. The molecule has 0 saturated carbocycles. The zero-order valence-electron chi connectivity index (χ0n) is 9.56. The Morgan fingerprint density at radius 2 is 1.61 bits per heavy atom. The summed E-state index contributed by atoms with van der Waals surface area (Å²) in [6.07, 6.45) is 1.49. The Balaban J connectivity index is 2.32. The lowest BCUT2D eigenvalue weighted by molar-refractivity contribution is 0.425. The van der Waals surface area contributed by atoms with Gasteiger partial charge in [0.05, 0.1) is 0 Å². The Hall–Kier alpha value is -2.11. The van der Waals surface area contributed by atoms with Gasteiger partial charge in [0.1, 0.15) is 11.4 Å². The maximum absolute atomic E-state index is 9.55. The predicted octanol–water partition coefficient (Wildman–Crippen LogP) is 0.823. The Labute approximate surface area is 105 Å². The van der Waals surface area contributed by atoms with Gasteiger partial charge >= 0.3 is 7.12 Å². The molecule has 5 heteroatoms. The lowest BCUT2D eigenvalue weighted by Gasteiger charge is -2.03. The van der Waals surface area contributed by atoms with Gasteiger partial charge in [-0.3, -0.25) is 4.99 Å². The molecule has 0 aliphatic heterocycles. The molecule has 0 unspecified atom stereocenters. The summed E-state index contributed by atoms with van der Waals surface area (Å²) in [6.45, 7) is 0. The van der Waals surface area contributed by atoms with Crippen molar-refractivity contribution >= 4 is 24.5 Å². The first-order valence-corrected chi connectivity index (χ1v) is 5.45. The van der Waals surface area contributed by atoms with Crippen LogP contribution in [0.4, 0.5) is 5.69 Å². The van der Waals surface area contributed by atoms with E-state index in [2.05, 4.69) is 4.99 Å². The van der Waals surface area contributed by atoms with Crippen LogP contribution < -0.4 is 5.46 Å². The number of rotatable bonds is 3. The quantitative estimate of drug-likeness (QED) is 0.550. The van der Waals surface area contributed by atoms with E-state index in [0.717, 1.165) is 0 Å². The number of phenolic OH excluding ortho intramolecular Hbond substituents is 1. The van der Waals surface area contributed by atoms with Gasteiger partial charge in [0.2, 0.25) is 0 Å². The van der Waals surface area contributed by atoms with Gasteiger partial charge in [-0.15, -0.1) is 0 Å². The van der Waals surface area contributed by atoms with Crippen LogP contribution in [0.5, 0.6) is 5.75 Å². The summed E-state index contributed by atoms with van der Waals surface area (Å²) in [5.41, 5.74) is 1.40. The van der Waals surface area contributed by atoms with Crippen LogP contribution in [0.2, 0.25) is 0 Å². The summed E-state index contributed by atoms with van der Waals surface area (Å²) in [6, 6.07) is 13.5. The minimum absolute atomic E-state index is 0.0794. The van der Waals surface area contributed by atoms with Gasteiger partial charge in [0.15, 0.2) is 0 Å². The first-order chi connectivity index (χ1) is 8.68. The van der Waals surface area contributed by atoms with Crippen molar-refractivity contribution in [3.8, 4) is 5.75 Å². The summed E-state index contributed by atoms with van der Waals surface area (Å²) in [5.74, 6) is 0.0794. The van der Waals surface area contributed by atoms with Gasteiger partial charge in [-0.05, 0) is 23.2 Å². The van der Waals surface area contributed by atoms with Gasteiger partial charge in [-0.25, -0.2) is 0 Å². The van der Waals surface area contributed by atoms with E-state index >= 15 is 0 Å². The van der Waals surface area contributed by atoms with E-state index in [1.807, 2.05) is 0 Å². The Kier molecular flexibility index (Phi) is 3.77. The molecule has 0 radical (unpaired) electrons. The van der Waals surface area contributed by atoms with E-state index < -0.39 is 7.12 Å². The second kappa shape index (κ2) is 5.49. The molecule has 0 aliphatic rings. The summed E-state index contributed by atoms with van der Waals surface area (Å²) in [5, 5.41) is 28.0. The fourth-order valence-electron chi connectivity index (χ4n) is 1.58. The van der Waals surface area contributed by atoms with E-state index in [1.165, 1.54) is 6.21 Å². The van der Waals surface area contributed by atoms with Crippen LogP contribution in [0.25, 0.3) is 0 Å². The van der Waals surface area contributed by atoms with Gasteiger partial charge in [-0.1, -0.05) is 36.4 Å². The molecule has 3 N–H and O–H groups in total. The number of aliphatic imine (C=N–C) groups is 1. The van der Waals surface area contributed by atoms with E-state index in [9.17, 15) is 15.2 Å². The highest BCUT2D eigenvalue weighted by Crippen LogP contribution is 2.24. The van der Waals surface area contributed by atoms with Crippen LogP contribution in [-0.4, -0.2) is 28.5 Å². The van der Waals surface area contributed by atoms with Crippen molar-refractivity contribution in [3.05, 3.63) is 54.1 Å². The molecule has 0 amide bonds. The van der Waals surface area contributed by atoms with Crippen molar-refractivity contribution in [2.75, 3.05) is 0 Å². The standard InChI is InChI=1S/C13H12BNO3/c16-13-8-4-3-7-12(13)15-9-10-5-1-2-6-11(10)14(17)18/h1-9,16-18H. The van der Waals surface area contributed by atoms with E-state index in [1.54, 1.807) is 48.5 Å². The fraction of sp³-hybridized carbons (Fsp3) is 0. The Bertz CT molecular complexity index is 570. The molecule has 0 heterocycles. The van der Waals surface area contributed by atoms with E-state index in [4.69, 9.17) is 0 Å². The molecule has 0 aliphatic carbocycles. The van der Waals surface area contributed by atoms with Gasteiger partial charge in [-0.2, -0.15) is 0 Å². The number of aromatic hydroxyl groups is 1. The van der Waals surface area contributed by atoms with Crippen LogP contribution >= 0.6 is 0 Å². The normalized spacial score (nSPS) is 10.8. The van der Waals surface area contributed by atoms with Crippen LogP contribution in [0, 0.1) is 0 Å². The number of hydrogen-bond donors (Lipinski definition) is 3. The average Bonchev–Trinajstić information content (AvgIpc) is 2.38. The van der Waals surface area contributed by atoms with Crippen LogP contribution in [-0.2, 0) is 0 Å². The van der Waals surface area contributed by atoms with Crippen molar-refractivity contribution in [1.29, 1.82) is 0 Å². The minimum Gasteiger partial charge on any atom is -0.506 e. The summed E-state index contributed by atoms with van der Waals surface area (Å²) in [7, 11) is -1.54. The van der Waals surface area contributed by atoms with Crippen LogP contribution in [0.3, 0.4) is 0 Å². The van der Waals surface area contributed by atoms with Gasteiger partial charge in [0, 0.05) is 6.21 Å². The molecule has 0 aromatic heterocycles. The molecule has 2 aromatic rings. The van der Waals surface area contributed by atoms with Crippen molar-refractivity contribution in [1.82, 2.24) is 0 Å². The maximum atomic E-state index is 9.55. The highest BCUT2D eigenvalue weighted by atomic mass is 16.4. The largest absolute Gasteiger partial charge is 0.506 e.